The van der Waals surface area contributed by atoms with E-state index < -0.39 is 0 Å². The minimum atomic E-state index is -0.227. The van der Waals surface area contributed by atoms with Gasteiger partial charge in [0, 0.05) is 11.4 Å². The van der Waals surface area contributed by atoms with Crippen molar-refractivity contribution in [3.05, 3.63) is 28.2 Å². The molecular weight excluding hydrogens is 310 g/mol. The molecule has 0 aliphatic heterocycles. The number of likely N-dealkylation sites (N-methyl/N-ethyl adjacent to an activating group) is 1. The zero-order chi connectivity index (χ0) is 17.0. The molecule has 23 heavy (non-hydrogen) atoms. The maximum Gasteiger partial charge on any atom is 0.246 e. The fourth-order valence-electron chi connectivity index (χ4n) is 2.70. The molecule has 0 spiro atoms. The van der Waals surface area contributed by atoms with Gasteiger partial charge in [0.2, 0.25) is 11.8 Å². The predicted molar refractivity (Wildman–Crippen MR) is 92.2 cm³/mol. The van der Waals surface area contributed by atoms with Crippen molar-refractivity contribution in [2.45, 2.75) is 46.6 Å². The zero-order valence-electron chi connectivity index (χ0n) is 14.1. The number of fused-ring (bicyclic) bond motifs is 1. The summed E-state index contributed by atoms with van der Waals surface area (Å²) in [5, 5.41) is 3.80. The molecule has 0 radical (unpaired) electrons. The third-order valence-electron chi connectivity index (χ3n) is 4.14. The highest BCUT2D eigenvalue weighted by molar-refractivity contribution is 7.11. The molecule has 1 heterocycles. The lowest BCUT2D eigenvalue weighted by atomic mass is 9.79. The van der Waals surface area contributed by atoms with Gasteiger partial charge in [-0.1, -0.05) is 20.4 Å². The first-order chi connectivity index (χ1) is 10.8. The monoisotopic (exact) mass is 335 g/mol. The Balaban J connectivity index is 1.89. The van der Waals surface area contributed by atoms with Gasteiger partial charge >= 0.3 is 0 Å². The Hall–Kier alpha value is -1.69. The van der Waals surface area contributed by atoms with Crippen LogP contribution in [-0.4, -0.2) is 34.8 Å². The molecule has 0 fully saturated rings. The molecule has 1 aromatic heterocycles. The molecule has 1 aliphatic rings. The molecule has 0 bridgehead atoms. The van der Waals surface area contributed by atoms with Gasteiger partial charge in [-0.15, -0.1) is 11.3 Å². The van der Waals surface area contributed by atoms with Gasteiger partial charge in [0.15, 0.2) is 0 Å². The van der Waals surface area contributed by atoms with Gasteiger partial charge in [0.05, 0.1) is 18.8 Å². The number of nitrogens with one attached hydrogen (secondary N) is 1. The fraction of sp³-hybridized carbons (Fsp3) is 0.588. The largest absolute Gasteiger partial charge is 0.348 e. The Bertz CT molecular complexity index is 607. The predicted octanol–water partition coefficient (Wildman–Crippen LogP) is 2.31. The Labute approximate surface area is 141 Å². The first-order valence-electron chi connectivity index (χ1n) is 8.00. The number of hydrogen-bond donors (Lipinski definition) is 1. The highest BCUT2D eigenvalue weighted by atomic mass is 32.1. The number of thiazole rings is 1. The zero-order valence-corrected chi connectivity index (χ0v) is 15.0. The van der Waals surface area contributed by atoms with Gasteiger partial charge in [-0.05, 0) is 37.7 Å². The van der Waals surface area contributed by atoms with E-state index in [0.29, 0.717) is 18.5 Å². The van der Waals surface area contributed by atoms with Crippen LogP contribution in [0, 0.1) is 5.41 Å². The number of hydrogen-bond acceptors (Lipinski definition) is 4. The summed E-state index contributed by atoms with van der Waals surface area (Å²) in [6, 6.07) is 0. The quantitative estimate of drug-likeness (QED) is 0.812. The summed E-state index contributed by atoms with van der Waals surface area (Å²) in [6.45, 7) is 10.8. The number of rotatable bonds is 6. The lowest BCUT2D eigenvalue weighted by Gasteiger charge is -2.28. The van der Waals surface area contributed by atoms with Crippen molar-refractivity contribution in [3.63, 3.8) is 0 Å². The van der Waals surface area contributed by atoms with E-state index in [1.807, 2.05) is 6.92 Å². The van der Waals surface area contributed by atoms with Crippen molar-refractivity contribution in [1.82, 2.24) is 15.2 Å². The molecule has 0 saturated carbocycles. The third kappa shape index (κ3) is 4.64. The summed E-state index contributed by atoms with van der Waals surface area (Å²) < 4.78 is 0. The van der Waals surface area contributed by atoms with E-state index >= 15 is 0 Å². The number of carbonyl (C=O) groups excluding carboxylic acids is 2. The van der Waals surface area contributed by atoms with Crippen LogP contribution in [0.1, 0.15) is 42.8 Å². The van der Waals surface area contributed by atoms with Gasteiger partial charge in [-0.2, -0.15) is 0 Å². The van der Waals surface area contributed by atoms with Crippen LogP contribution < -0.4 is 5.32 Å². The van der Waals surface area contributed by atoms with Gasteiger partial charge < -0.3 is 10.2 Å². The number of amides is 2. The van der Waals surface area contributed by atoms with Crippen LogP contribution in [0.4, 0.5) is 0 Å². The average Bonchev–Trinajstić information content (AvgIpc) is 2.90. The van der Waals surface area contributed by atoms with Crippen LogP contribution in [0.25, 0.3) is 0 Å². The average molecular weight is 335 g/mol. The molecule has 0 saturated heterocycles. The number of aromatic nitrogens is 1. The van der Waals surface area contributed by atoms with Gasteiger partial charge in [0.1, 0.15) is 5.01 Å². The van der Waals surface area contributed by atoms with Gasteiger partial charge in [-0.25, -0.2) is 4.98 Å². The standard InChI is InChI=1S/C17H25N3O2S/c1-5-16(22)20(6-2)11-14(21)18-10-15-19-12-7-8-17(3,4)9-13(12)23-15/h5H,1,6-11H2,2-4H3,(H,18,21). The molecule has 2 amide bonds. The molecular formula is C17H25N3O2S. The lowest BCUT2D eigenvalue weighted by molar-refractivity contribution is -0.132. The van der Waals surface area contributed by atoms with Crippen LogP contribution in [-0.2, 0) is 29.0 Å². The second-order valence-corrected chi connectivity index (χ2v) is 7.82. The van der Waals surface area contributed by atoms with Crippen LogP contribution >= 0.6 is 11.3 Å². The first-order valence-corrected chi connectivity index (χ1v) is 8.82. The molecule has 0 aromatic carbocycles. The van der Waals surface area contributed by atoms with Crippen molar-refractivity contribution in [2.75, 3.05) is 13.1 Å². The van der Waals surface area contributed by atoms with E-state index in [2.05, 4.69) is 30.7 Å². The molecule has 0 atom stereocenters. The van der Waals surface area contributed by atoms with Crippen molar-refractivity contribution in [1.29, 1.82) is 0 Å². The normalized spacial score (nSPS) is 15.6. The van der Waals surface area contributed by atoms with Crippen molar-refractivity contribution >= 4 is 23.2 Å². The van der Waals surface area contributed by atoms with E-state index in [1.54, 1.807) is 11.3 Å². The molecule has 1 aromatic rings. The van der Waals surface area contributed by atoms with Crippen LogP contribution in [0.5, 0.6) is 0 Å². The maximum atomic E-state index is 12.0. The van der Waals surface area contributed by atoms with E-state index in [9.17, 15) is 9.59 Å². The summed E-state index contributed by atoms with van der Waals surface area (Å²) in [5.74, 6) is -0.398. The minimum Gasteiger partial charge on any atom is -0.348 e. The topological polar surface area (TPSA) is 62.3 Å². The van der Waals surface area contributed by atoms with Gasteiger partial charge in [0.25, 0.3) is 0 Å². The van der Waals surface area contributed by atoms with E-state index in [-0.39, 0.29) is 18.4 Å². The number of nitrogens with zero attached hydrogens (tertiary/aromatic N) is 2. The summed E-state index contributed by atoms with van der Waals surface area (Å²) in [7, 11) is 0. The van der Waals surface area contributed by atoms with Crippen LogP contribution in [0.3, 0.4) is 0 Å². The second kappa shape index (κ2) is 7.25. The number of aryl methyl sites for hydroxylation is 1. The summed E-state index contributed by atoms with van der Waals surface area (Å²) in [6.07, 6.45) is 4.47. The molecule has 5 nitrogen and oxygen atoms in total. The summed E-state index contributed by atoms with van der Waals surface area (Å²) in [4.78, 5) is 31.0. The summed E-state index contributed by atoms with van der Waals surface area (Å²) in [5.41, 5.74) is 1.53. The molecule has 1 aliphatic carbocycles. The smallest absolute Gasteiger partial charge is 0.246 e. The number of carbonyl (C=O) groups is 2. The van der Waals surface area contributed by atoms with Crippen molar-refractivity contribution < 1.29 is 9.59 Å². The lowest BCUT2D eigenvalue weighted by Crippen LogP contribution is -2.39. The highest BCUT2D eigenvalue weighted by Gasteiger charge is 2.28. The first kappa shape index (κ1) is 17.7. The van der Waals surface area contributed by atoms with Crippen molar-refractivity contribution in [2.24, 2.45) is 5.41 Å². The highest BCUT2D eigenvalue weighted by Crippen LogP contribution is 2.37. The molecule has 2 rings (SSSR count). The Kier molecular flexibility index (Phi) is 5.57. The molecule has 6 heteroatoms. The Morgan fingerprint density at radius 3 is 2.87 bits per heavy atom. The Morgan fingerprint density at radius 1 is 1.48 bits per heavy atom. The van der Waals surface area contributed by atoms with Gasteiger partial charge in [-0.3, -0.25) is 9.59 Å². The van der Waals surface area contributed by atoms with Crippen LogP contribution in [0.15, 0.2) is 12.7 Å². The SMILES string of the molecule is C=CC(=O)N(CC)CC(=O)NCc1nc2c(s1)CC(C)(C)CC2. The minimum absolute atomic E-state index is 0.0550. The summed E-state index contributed by atoms with van der Waals surface area (Å²) >= 11 is 1.69. The molecule has 1 N–H and O–H groups in total. The Morgan fingerprint density at radius 2 is 2.22 bits per heavy atom. The fourth-order valence-corrected chi connectivity index (χ4v) is 4.02. The van der Waals surface area contributed by atoms with Crippen LogP contribution in [0.2, 0.25) is 0 Å². The molecule has 126 valence electrons. The van der Waals surface area contributed by atoms with E-state index in [4.69, 9.17) is 0 Å². The van der Waals surface area contributed by atoms with E-state index in [1.165, 1.54) is 21.5 Å². The third-order valence-corrected chi connectivity index (χ3v) is 5.24. The van der Waals surface area contributed by atoms with E-state index in [0.717, 1.165) is 24.3 Å². The van der Waals surface area contributed by atoms with Crippen molar-refractivity contribution in [3.8, 4) is 0 Å². The maximum absolute atomic E-state index is 12.0. The molecule has 0 unspecified atom stereocenters. The second-order valence-electron chi connectivity index (χ2n) is 6.65.